The molecule has 0 atom stereocenters. The number of nitrogens with two attached hydrogens (primary N) is 1. The molecule has 4 heterocycles. The van der Waals surface area contributed by atoms with Gasteiger partial charge in [-0.1, -0.05) is 12.1 Å². The van der Waals surface area contributed by atoms with Crippen LogP contribution in [0.4, 0.5) is 11.5 Å². The van der Waals surface area contributed by atoms with Crippen molar-refractivity contribution in [1.82, 2.24) is 19.2 Å². The highest BCUT2D eigenvalue weighted by atomic mass is 32.1. The molecule has 0 saturated carbocycles. The summed E-state index contributed by atoms with van der Waals surface area (Å²) in [7, 11) is 0. The lowest BCUT2D eigenvalue weighted by atomic mass is 10.2. The van der Waals surface area contributed by atoms with Gasteiger partial charge in [-0.05, 0) is 35.8 Å². The van der Waals surface area contributed by atoms with Crippen molar-refractivity contribution in [2.24, 2.45) is 0 Å². The van der Waals surface area contributed by atoms with Crippen LogP contribution < -0.4 is 10.6 Å². The van der Waals surface area contributed by atoms with Crippen molar-refractivity contribution in [3.05, 3.63) is 53.7 Å². The molecule has 1 aliphatic heterocycles. The zero-order valence-corrected chi connectivity index (χ0v) is 14.9. The first-order valence-electron chi connectivity index (χ1n) is 8.36. The largest absolute Gasteiger partial charge is 0.396 e. The Morgan fingerprint density at radius 2 is 1.73 bits per heavy atom. The summed E-state index contributed by atoms with van der Waals surface area (Å²) in [4.78, 5) is 26.0. The third-order valence-electron chi connectivity index (χ3n) is 4.37. The number of aromatic nitrogens is 3. The van der Waals surface area contributed by atoms with Crippen LogP contribution in [0.25, 0.3) is 11.4 Å². The molecule has 1 amide bonds. The van der Waals surface area contributed by atoms with E-state index in [1.165, 1.54) is 0 Å². The first-order valence-corrected chi connectivity index (χ1v) is 9.13. The number of nitrogens with zero attached hydrogens (tertiary/aromatic N) is 5. The highest BCUT2D eigenvalue weighted by molar-refractivity contribution is 7.09. The number of piperazine rings is 1. The molecule has 8 heteroatoms. The number of carbonyl (C=O) groups excluding carboxylic acids is 1. The zero-order valence-electron chi connectivity index (χ0n) is 14.1. The molecule has 1 fully saturated rings. The molecule has 0 bridgehead atoms. The summed E-state index contributed by atoms with van der Waals surface area (Å²) in [6, 6.07) is 11.4. The van der Waals surface area contributed by atoms with Gasteiger partial charge >= 0.3 is 0 Å². The summed E-state index contributed by atoms with van der Waals surface area (Å²) in [6.07, 6.45) is 3.47. The average Bonchev–Trinajstić information content (AvgIpc) is 3.10. The molecule has 1 saturated heterocycles. The molecule has 26 heavy (non-hydrogen) atoms. The van der Waals surface area contributed by atoms with Gasteiger partial charge in [-0.15, -0.1) is 0 Å². The average molecular weight is 366 g/mol. The minimum atomic E-state index is -0.0668. The van der Waals surface area contributed by atoms with E-state index in [1.807, 2.05) is 41.3 Å². The van der Waals surface area contributed by atoms with E-state index in [2.05, 4.69) is 19.2 Å². The summed E-state index contributed by atoms with van der Waals surface area (Å²) < 4.78 is 4.35. The van der Waals surface area contributed by atoms with E-state index < -0.39 is 0 Å². The third-order valence-corrected chi connectivity index (χ3v) is 5.22. The van der Waals surface area contributed by atoms with E-state index in [1.54, 1.807) is 12.4 Å². The van der Waals surface area contributed by atoms with Crippen molar-refractivity contribution in [3.63, 3.8) is 0 Å². The van der Waals surface area contributed by atoms with Gasteiger partial charge in [-0.25, -0.2) is 4.98 Å². The van der Waals surface area contributed by atoms with Gasteiger partial charge in [-0.2, -0.15) is 4.37 Å². The highest BCUT2D eigenvalue weighted by Crippen LogP contribution is 2.30. The molecule has 3 aromatic rings. The first-order chi connectivity index (χ1) is 12.7. The molecular formula is C18H18N6OS. The second-order valence-corrected chi connectivity index (χ2v) is 6.73. The topological polar surface area (TPSA) is 88.2 Å². The van der Waals surface area contributed by atoms with Crippen LogP contribution >= 0.6 is 11.5 Å². The van der Waals surface area contributed by atoms with E-state index in [-0.39, 0.29) is 5.91 Å². The van der Waals surface area contributed by atoms with Crippen molar-refractivity contribution in [3.8, 4) is 11.4 Å². The van der Waals surface area contributed by atoms with Crippen molar-refractivity contribution in [2.45, 2.75) is 0 Å². The molecule has 1 aliphatic rings. The number of pyridine rings is 2. The smallest absolute Gasteiger partial charge is 0.267 e. The zero-order chi connectivity index (χ0) is 17.9. The molecule has 132 valence electrons. The Bertz CT molecular complexity index is 891. The number of amides is 1. The fourth-order valence-corrected chi connectivity index (χ4v) is 3.74. The maximum absolute atomic E-state index is 12.9. The Morgan fingerprint density at radius 1 is 1.00 bits per heavy atom. The molecule has 2 N–H and O–H groups in total. The van der Waals surface area contributed by atoms with Gasteiger partial charge < -0.3 is 15.5 Å². The summed E-state index contributed by atoms with van der Waals surface area (Å²) >= 11 is 1.14. The lowest BCUT2D eigenvalue weighted by Gasteiger charge is -2.35. The van der Waals surface area contributed by atoms with Crippen molar-refractivity contribution >= 4 is 28.9 Å². The minimum Gasteiger partial charge on any atom is -0.396 e. The van der Waals surface area contributed by atoms with Crippen LogP contribution in [0.15, 0.2) is 48.8 Å². The summed E-state index contributed by atoms with van der Waals surface area (Å²) in [5.74, 6) is 0.872. The summed E-state index contributed by atoms with van der Waals surface area (Å²) in [6.45, 7) is 2.75. The van der Waals surface area contributed by atoms with E-state index in [0.717, 1.165) is 30.4 Å². The Kier molecular flexibility index (Phi) is 4.49. The predicted octanol–water partition coefficient (Wildman–Crippen LogP) is 2.14. The van der Waals surface area contributed by atoms with Gasteiger partial charge in [0.25, 0.3) is 5.91 Å². The number of nitrogen functional groups attached to an aromatic ring is 1. The lowest BCUT2D eigenvalue weighted by Crippen LogP contribution is -2.49. The predicted molar refractivity (Wildman–Crippen MR) is 102 cm³/mol. The van der Waals surface area contributed by atoms with Crippen LogP contribution in [-0.2, 0) is 0 Å². The second-order valence-electron chi connectivity index (χ2n) is 5.96. The van der Waals surface area contributed by atoms with Gasteiger partial charge in [0.1, 0.15) is 16.4 Å². The van der Waals surface area contributed by atoms with Crippen LogP contribution in [0.3, 0.4) is 0 Å². The molecule has 3 aromatic heterocycles. The molecule has 0 radical (unpaired) electrons. The van der Waals surface area contributed by atoms with Crippen LogP contribution in [0.5, 0.6) is 0 Å². The fraction of sp³-hybridized carbons (Fsp3) is 0.222. The minimum absolute atomic E-state index is 0.0668. The SMILES string of the molecule is Nc1c(-c2ccccn2)nsc1C(=O)N1CCN(c2ccccn2)CC1. The van der Waals surface area contributed by atoms with E-state index in [9.17, 15) is 4.79 Å². The number of hydrogen-bond donors (Lipinski definition) is 1. The van der Waals surface area contributed by atoms with Crippen LogP contribution in [0.1, 0.15) is 9.67 Å². The molecule has 0 aromatic carbocycles. The van der Waals surface area contributed by atoms with Gasteiger partial charge in [0, 0.05) is 38.6 Å². The van der Waals surface area contributed by atoms with E-state index >= 15 is 0 Å². The maximum atomic E-state index is 12.9. The molecule has 0 aliphatic carbocycles. The highest BCUT2D eigenvalue weighted by Gasteiger charge is 2.27. The van der Waals surface area contributed by atoms with Crippen molar-refractivity contribution < 1.29 is 4.79 Å². The second kappa shape index (κ2) is 7.09. The number of rotatable bonds is 3. The fourth-order valence-electron chi connectivity index (χ4n) is 2.96. The monoisotopic (exact) mass is 366 g/mol. The lowest BCUT2D eigenvalue weighted by molar-refractivity contribution is 0.0752. The summed E-state index contributed by atoms with van der Waals surface area (Å²) in [5, 5.41) is 0. The van der Waals surface area contributed by atoms with Gasteiger partial charge in [0.15, 0.2) is 0 Å². The van der Waals surface area contributed by atoms with Gasteiger partial charge in [0.05, 0.1) is 11.4 Å². The Morgan fingerprint density at radius 3 is 2.38 bits per heavy atom. The standard InChI is InChI=1S/C18H18N6OS/c19-15-16(13-5-1-3-7-20-13)22-26-17(15)18(25)24-11-9-23(10-12-24)14-6-2-4-8-21-14/h1-8H,9-12,19H2. The number of hydrogen-bond acceptors (Lipinski definition) is 7. The van der Waals surface area contributed by atoms with Crippen LogP contribution in [0.2, 0.25) is 0 Å². The quantitative estimate of drug-likeness (QED) is 0.764. The normalized spacial score (nSPS) is 14.5. The van der Waals surface area contributed by atoms with Crippen molar-refractivity contribution in [1.29, 1.82) is 0 Å². The Balaban J connectivity index is 1.47. The van der Waals surface area contributed by atoms with E-state index in [4.69, 9.17) is 5.73 Å². The Hall–Kier alpha value is -3.00. The molecule has 4 rings (SSSR count). The van der Waals surface area contributed by atoms with E-state index in [0.29, 0.717) is 35.0 Å². The Labute approximate surface area is 155 Å². The van der Waals surface area contributed by atoms with Gasteiger partial charge in [0.2, 0.25) is 0 Å². The molecule has 7 nitrogen and oxygen atoms in total. The van der Waals surface area contributed by atoms with Crippen LogP contribution in [0, 0.1) is 0 Å². The molecular weight excluding hydrogens is 348 g/mol. The summed E-state index contributed by atoms with van der Waals surface area (Å²) in [5.41, 5.74) is 7.87. The maximum Gasteiger partial charge on any atom is 0.267 e. The van der Waals surface area contributed by atoms with Gasteiger partial charge in [-0.3, -0.25) is 9.78 Å². The third kappa shape index (κ3) is 3.11. The van der Waals surface area contributed by atoms with Crippen LogP contribution in [-0.4, -0.2) is 51.3 Å². The van der Waals surface area contributed by atoms with Crippen molar-refractivity contribution in [2.75, 3.05) is 36.8 Å². The number of anilines is 2. The number of carbonyl (C=O) groups is 1. The molecule has 0 spiro atoms. The molecule has 0 unspecified atom stereocenters. The first kappa shape index (κ1) is 16.5.